The van der Waals surface area contributed by atoms with Crippen LogP contribution in [-0.2, 0) is 4.79 Å². The average Bonchev–Trinajstić information content (AvgIpc) is 2.93. The molecular weight excluding hydrogens is 536 g/mol. The minimum Gasteiger partial charge on any atom is -0.492 e. The molecule has 2 aliphatic rings. The molecule has 13 heteroatoms. The van der Waals surface area contributed by atoms with Gasteiger partial charge in [0.1, 0.15) is 18.2 Å². The van der Waals surface area contributed by atoms with Gasteiger partial charge in [-0.15, -0.1) is 12.4 Å². The first-order valence-electron chi connectivity index (χ1n) is 13.5. The number of benzene rings is 1. The van der Waals surface area contributed by atoms with Crippen molar-refractivity contribution in [2.45, 2.75) is 32.2 Å². The van der Waals surface area contributed by atoms with Gasteiger partial charge in [0, 0.05) is 45.5 Å². The lowest BCUT2D eigenvalue weighted by Gasteiger charge is -2.37. The molecular formula is C27H41ClN8O4. The van der Waals surface area contributed by atoms with E-state index in [1.807, 2.05) is 12.1 Å². The van der Waals surface area contributed by atoms with Crippen molar-refractivity contribution in [2.24, 2.45) is 17.4 Å². The number of hydrogen-bond acceptors (Lipinski definition) is 8. The Morgan fingerprint density at radius 2 is 1.75 bits per heavy atom. The number of nitrogens with zero attached hydrogens (tertiary/aromatic N) is 5. The number of aromatic nitrogens is 2. The number of likely N-dealkylation sites (tertiary alicyclic amines) is 1. The van der Waals surface area contributed by atoms with Crippen LogP contribution in [0.5, 0.6) is 5.75 Å². The molecule has 1 atom stereocenters. The molecule has 5 N–H and O–H groups in total. The molecule has 12 nitrogen and oxygen atoms in total. The standard InChI is InChI=1S/C27H40N8O4.ClH/c1-27(2,29)24(36)33-12-14-34(15-13-33)25(37)30-23-9-11-35(26(38)31-23)21-5-7-22(8-6-21)39-17-16-32-10-3-4-20(18-28)19-32;/h5-9,11,20H,3-4,10,12-19,28-29H2,1-2H3,(H,30,31,37,38);1H. The SMILES string of the molecule is CC(C)(N)C(=O)N1CCN(C(=O)Nc2ccn(-c3ccc(OCCN4CCCC(CN)C4)cc3)c(=O)n2)CC1.Cl. The Hall–Kier alpha value is -3.19. The van der Waals surface area contributed by atoms with Crippen LogP contribution in [0.2, 0.25) is 0 Å². The van der Waals surface area contributed by atoms with Crippen LogP contribution in [0.4, 0.5) is 10.6 Å². The third-order valence-corrected chi connectivity index (χ3v) is 7.17. The molecule has 0 radical (unpaired) electrons. The highest BCUT2D eigenvalue weighted by Crippen LogP contribution is 2.17. The fourth-order valence-corrected chi connectivity index (χ4v) is 4.92. The molecule has 0 bridgehead atoms. The Balaban J connectivity index is 0.00000441. The predicted octanol–water partition coefficient (Wildman–Crippen LogP) is 1.12. The zero-order valence-corrected chi connectivity index (χ0v) is 24.1. The summed E-state index contributed by atoms with van der Waals surface area (Å²) in [5.41, 5.74) is 10.9. The molecule has 1 aromatic carbocycles. The van der Waals surface area contributed by atoms with E-state index in [1.165, 1.54) is 17.4 Å². The van der Waals surface area contributed by atoms with Crippen molar-refractivity contribution in [1.29, 1.82) is 0 Å². The van der Waals surface area contributed by atoms with E-state index in [2.05, 4.69) is 15.2 Å². The number of ether oxygens (including phenoxy) is 1. The average molecular weight is 577 g/mol. The number of nitrogens with one attached hydrogen (secondary N) is 1. The number of piperazine rings is 1. The van der Waals surface area contributed by atoms with Crippen molar-refractivity contribution >= 4 is 30.2 Å². The van der Waals surface area contributed by atoms with E-state index >= 15 is 0 Å². The number of amides is 3. The summed E-state index contributed by atoms with van der Waals surface area (Å²) in [4.78, 5) is 47.4. The van der Waals surface area contributed by atoms with Gasteiger partial charge in [0.2, 0.25) is 5.91 Å². The highest BCUT2D eigenvalue weighted by molar-refractivity contribution is 5.89. The van der Waals surface area contributed by atoms with Crippen molar-refractivity contribution in [3.05, 3.63) is 47.0 Å². The van der Waals surface area contributed by atoms with E-state index < -0.39 is 11.2 Å². The van der Waals surface area contributed by atoms with Crippen molar-refractivity contribution in [3.63, 3.8) is 0 Å². The maximum atomic E-state index is 12.7. The number of piperidine rings is 1. The van der Waals surface area contributed by atoms with E-state index in [0.29, 0.717) is 44.4 Å². The monoisotopic (exact) mass is 576 g/mol. The molecule has 0 saturated carbocycles. The minimum absolute atomic E-state index is 0. The number of nitrogens with two attached hydrogens (primary N) is 2. The Morgan fingerprint density at radius 1 is 1.07 bits per heavy atom. The normalized spacial score (nSPS) is 18.1. The summed E-state index contributed by atoms with van der Waals surface area (Å²) >= 11 is 0. The van der Waals surface area contributed by atoms with Crippen molar-refractivity contribution in [3.8, 4) is 11.4 Å². The number of urea groups is 1. The molecule has 2 aliphatic heterocycles. The highest BCUT2D eigenvalue weighted by Gasteiger charge is 2.31. The summed E-state index contributed by atoms with van der Waals surface area (Å²) in [7, 11) is 0. The van der Waals surface area contributed by atoms with Crippen molar-refractivity contribution < 1.29 is 14.3 Å². The van der Waals surface area contributed by atoms with Crippen LogP contribution in [-0.4, -0.2) is 101 Å². The molecule has 1 aromatic heterocycles. The fourth-order valence-electron chi connectivity index (χ4n) is 4.92. The second kappa shape index (κ2) is 13.9. The van der Waals surface area contributed by atoms with Gasteiger partial charge in [-0.3, -0.25) is 19.6 Å². The number of anilines is 1. The Morgan fingerprint density at radius 3 is 2.38 bits per heavy atom. The van der Waals surface area contributed by atoms with Crippen molar-refractivity contribution in [1.82, 2.24) is 24.3 Å². The van der Waals surface area contributed by atoms with Crippen LogP contribution in [0.1, 0.15) is 26.7 Å². The maximum absolute atomic E-state index is 12.7. The summed E-state index contributed by atoms with van der Waals surface area (Å²) in [6.07, 6.45) is 3.95. The molecule has 40 heavy (non-hydrogen) atoms. The zero-order valence-electron chi connectivity index (χ0n) is 23.3. The largest absolute Gasteiger partial charge is 0.492 e. The molecule has 0 spiro atoms. The van der Waals surface area contributed by atoms with Gasteiger partial charge >= 0.3 is 11.7 Å². The van der Waals surface area contributed by atoms with Gasteiger partial charge < -0.3 is 26.0 Å². The van der Waals surface area contributed by atoms with E-state index in [-0.39, 0.29) is 30.2 Å². The number of carbonyl (C=O) groups excluding carboxylic acids is 2. The van der Waals surface area contributed by atoms with E-state index in [9.17, 15) is 14.4 Å². The molecule has 1 unspecified atom stereocenters. The first-order valence-corrected chi connectivity index (χ1v) is 13.5. The number of rotatable bonds is 8. The number of carbonyl (C=O) groups is 2. The van der Waals surface area contributed by atoms with Gasteiger partial charge in [-0.25, -0.2) is 9.59 Å². The van der Waals surface area contributed by atoms with Crippen LogP contribution >= 0.6 is 12.4 Å². The third-order valence-electron chi connectivity index (χ3n) is 7.17. The van der Waals surface area contributed by atoms with Crippen LogP contribution in [0, 0.1) is 5.92 Å². The van der Waals surface area contributed by atoms with Crippen LogP contribution in [0.15, 0.2) is 41.3 Å². The summed E-state index contributed by atoms with van der Waals surface area (Å²) in [5, 5.41) is 2.67. The second-order valence-corrected chi connectivity index (χ2v) is 10.8. The lowest BCUT2D eigenvalue weighted by molar-refractivity contribution is -0.137. The van der Waals surface area contributed by atoms with E-state index in [4.69, 9.17) is 16.2 Å². The highest BCUT2D eigenvalue weighted by atomic mass is 35.5. The fraction of sp³-hybridized carbons (Fsp3) is 0.556. The third kappa shape index (κ3) is 8.17. The van der Waals surface area contributed by atoms with E-state index in [0.717, 1.165) is 31.9 Å². The molecule has 220 valence electrons. The predicted molar refractivity (Wildman–Crippen MR) is 156 cm³/mol. The Bertz CT molecular complexity index is 1190. The maximum Gasteiger partial charge on any atom is 0.354 e. The second-order valence-electron chi connectivity index (χ2n) is 10.8. The molecule has 3 amide bonds. The van der Waals surface area contributed by atoms with Gasteiger partial charge in [-0.2, -0.15) is 4.98 Å². The van der Waals surface area contributed by atoms with Gasteiger partial charge in [0.05, 0.1) is 11.2 Å². The van der Waals surface area contributed by atoms with Gasteiger partial charge in [0.25, 0.3) is 0 Å². The number of hydrogen-bond donors (Lipinski definition) is 3. The lowest BCUT2D eigenvalue weighted by atomic mass is 9.98. The first-order chi connectivity index (χ1) is 18.6. The molecule has 2 fully saturated rings. The molecule has 2 saturated heterocycles. The topological polar surface area (TPSA) is 152 Å². The summed E-state index contributed by atoms with van der Waals surface area (Å²) in [5.74, 6) is 1.32. The van der Waals surface area contributed by atoms with Crippen LogP contribution < -0.4 is 27.2 Å². The summed E-state index contributed by atoms with van der Waals surface area (Å²) in [6.45, 7) is 9.14. The van der Waals surface area contributed by atoms with Gasteiger partial charge in [-0.1, -0.05) is 0 Å². The van der Waals surface area contributed by atoms with Gasteiger partial charge in [-0.05, 0) is 76.0 Å². The smallest absolute Gasteiger partial charge is 0.354 e. The molecule has 3 heterocycles. The summed E-state index contributed by atoms with van der Waals surface area (Å²) < 4.78 is 7.30. The van der Waals surface area contributed by atoms with E-state index in [1.54, 1.807) is 48.0 Å². The van der Waals surface area contributed by atoms with Gasteiger partial charge in [0.15, 0.2) is 0 Å². The lowest BCUT2D eigenvalue weighted by Crippen LogP contribution is -2.58. The summed E-state index contributed by atoms with van der Waals surface area (Å²) in [6, 6.07) is 8.45. The Kier molecular flexibility index (Phi) is 10.9. The number of halogens is 1. The van der Waals surface area contributed by atoms with Crippen LogP contribution in [0.3, 0.4) is 0 Å². The minimum atomic E-state index is -0.951. The zero-order chi connectivity index (χ0) is 28.0. The molecule has 2 aromatic rings. The quantitative estimate of drug-likeness (QED) is 0.423. The molecule has 4 rings (SSSR count). The first kappa shape index (κ1) is 31.3. The van der Waals surface area contributed by atoms with Crippen LogP contribution in [0.25, 0.3) is 5.69 Å². The molecule has 0 aliphatic carbocycles. The van der Waals surface area contributed by atoms with Crippen molar-refractivity contribution in [2.75, 3.05) is 64.3 Å². The Labute approximate surface area is 241 Å².